The molecule has 1 heterocycles. The van der Waals surface area contributed by atoms with Gasteiger partial charge in [-0.05, 0) is 49.3 Å². The first kappa shape index (κ1) is 14.0. The Balaban J connectivity index is 1.51. The van der Waals surface area contributed by atoms with Crippen molar-refractivity contribution in [2.24, 2.45) is 0 Å². The molecule has 1 saturated carbocycles. The van der Waals surface area contributed by atoms with Gasteiger partial charge >= 0.3 is 0 Å². The van der Waals surface area contributed by atoms with E-state index in [1.165, 1.54) is 6.07 Å². The summed E-state index contributed by atoms with van der Waals surface area (Å²) >= 11 is 0. The van der Waals surface area contributed by atoms with E-state index in [2.05, 4.69) is 5.32 Å². The van der Waals surface area contributed by atoms with Crippen molar-refractivity contribution in [2.75, 3.05) is 11.5 Å². The molecule has 1 aliphatic heterocycles. The third-order valence-corrected chi connectivity index (χ3v) is 6.21. The van der Waals surface area contributed by atoms with E-state index in [1.54, 1.807) is 12.1 Å². The molecule has 1 aliphatic carbocycles. The minimum absolute atomic E-state index is 0.104. The molecule has 1 N–H and O–H groups in total. The van der Waals surface area contributed by atoms with Crippen LogP contribution >= 0.6 is 0 Å². The molecule has 5 heteroatoms. The molecular formula is C15H20FNO2S. The largest absolute Gasteiger partial charge is 0.310 e. The fourth-order valence-corrected chi connectivity index (χ4v) is 4.92. The smallest absolute Gasteiger partial charge is 0.151 e. The van der Waals surface area contributed by atoms with Crippen LogP contribution in [0.4, 0.5) is 4.39 Å². The van der Waals surface area contributed by atoms with E-state index in [0.717, 1.165) is 31.2 Å². The van der Waals surface area contributed by atoms with Gasteiger partial charge in [0.25, 0.3) is 0 Å². The SMILES string of the molecule is O=S1(=O)CCCC(NC2CC(c3cccc(F)c3)C2)C1. The maximum absolute atomic E-state index is 13.2. The van der Waals surface area contributed by atoms with Crippen LogP contribution in [0.15, 0.2) is 24.3 Å². The van der Waals surface area contributed by atoms with Crippen molar-refractivity contribution in [2.45, 2.75) is 43.7 Å². The molecule has 1 atom stereocenters. The summed E-state index contributed by atoms with van der Waals surface area (Å²) in [5.74, 6) is 0.830. The van der Waals surface area contributed by atoms with Crippen molar-refractivity contribution in [1.29, 1.82) is 0 Å². The Bertz CT molecular complexity index is 581. The highest BCUT2D eigenvalue weighted by Gasteiger charge is 2.34. The Labute approximate surface area is 119 Å². The van der Waals surface area contributed by atoms with E-state index in [1.807, 2.05) is 6.07 Å². The standard InChI is InChI=1S/C15H20FNO2S/c16-13-4-1-3-11(7-13)12-8-15(9-12)17-14-5-2-6-20(18,19)10-14/h1,3-4,7,12,14-15,17H,2,5-6,8-10H2. The van der Waals surface area contributed by atoms with Gasteiger partial charge in [0.15, 0.2) is 9.84 Å². The van der Waals surface area contributed by atoms with Crippen molar-refractivity contribution in [3.63, 3.8) is 0 Å². The monoisotopic (exact) mass is 297 g/mol. The lowest BCUT2D eigenvalue weighted by atomic mass is 9.75. The summed E-state index contributed by atoms with van der Waals surface area (Å²) < 4.78 is 36.3. The zero-order valence-electron chi connectivity index (χ0n) is 11.4. The van der Waals surface area contributed by atoms with Gasteiger partial charge in [0, 0.05) is 12.1 Å². The third kappa shape index (κ3) is 3.20. The van der Waals surface area contributed by atoms with Crippen LogP contribution in [0.5, 0.6) is 0 Å². The first-order chi connectivity index (χ1) is 9.52. The zero-order chi connectivity index (χ0) is 14.2. The van der Waals surface area contributed by atoms with Crippen LogP contribution in [0, 0.1) is 5.82 Å². The first-order valence-electron chi connectivity index (χ1n) is 7.24. The lowest BCUT2D eigenvalue weighted by Crippen LogP contribution is -2.49. The Kier molecular flexibility index (Phi) is 3.82. The lowest BCUT2D eigenvalue weighted by molar-refractivity contribution is 0.263. The molecule has 0 spiro atoms. The maximum atomic E-state index is 13.2. The quantitative estimate of drug-likeness (QED) is 0.930. The van der Waals surface area contributed by atoms with Crippen LogP contribution in [0.1, 0.15) is 37.2 Å². The maximum Gasteiger partial charge on any atom is 0.151 e. The van der Waals surface area contributed by atoms with E-state index in [0.29, 0.717) is 17.7 Å². The zero-order valence-corrected chi connectivity index (χ0v) is 12.2. The average molecular weight is 297 g/mol. The van der Waals surface area contributed by atoms with Gasteiger partial charge in [0.2, 0.25) is 0 Å². The van der Waals surface area contributed by atoms with Crippen molar-refractivity contribution in [1.82, 2.24) is 5.32 Å². The van der Waals surface area contributed by atoms with Crippen molar-refractivity contribution >= 4 is 9.84 Å². The summed E-state index contributed by atoms with van der Waals surface area (Å²) in [6, 6.07) is 7.26. The normalized spacial score (nSPS) is 32.5. The summed E-state index contributed by atoms with van der Waals surface area (Å²) in [5, 5.41) is 3.45. The van der Waals surface area contributed by atoms with Gasteiger partial charge in [0.05, 0.1) is 11.5 Å². The second kappa shape index (κ2) is 5.45. The highest BCUT2D eigenvalue weighted by molar-refractivity contribution is 7.91. The van der Waals surface area contributed by atoms with Crippen molar-refractivity contribution < 1.29 is 12.8 Å². The number of nitrogens with one attached hydrogen (secondary N) is 1. The molecule has 3 rings (SSSR count). The Morgan fingerprint density at radius 2 is 2.00 bits per heavy atom. The van der Waals surface area contributed by atoms with E-state index < -0.39 is 9.84 Å². The van der Waals surface area contributed by atoms with E-state index >= 15 is 0 Å². The number of halogens is 1. The molecule has 1 aromatic carbocycles. The molecule has 1 aromatic rings. The number of rotatable bonds is 3. The molecule has 2 fully saturated rings. The molecule has 0 bridgehead atoms. The molecule has 0 radical (unpaired) electrons. The van der Waals surface area contributed by atoms with E-state index in [9.17, 15) is 12.8 Å². The number of hydrogen-bond donors (Lipinski definition) is 1. The van der Waals surface area contributed by atoms with E-state index in [4.69, 9.17) is 0 Å². The van der Waals surface area contributed by atoms with Crippen LogP contribution in [0.3, 0.4) is 0 Å². The average Bonchev–Trinajstić information content (AvgIpc) is 2.32. The van der Waals surface area contributed by atoms with Gasteiger partial charge in [0.1, 0.15) is 5.82 Å². The number of hydrogen-bond acceptors (Lipinski definition) is 3. The van der Waals surface area contributed by atoms with Gasteiger partial charge in [-0.25, -0.2) is 12.8 Å². The highest BCUT2D eigenvalue weighted by atomic mass is 32.2. The summed E-state index contributed by atoms with van der Waals surface area (Å²) in [5.41, 5.74) is 1.05. The van der Waals surface area contributed by atoms with E-state index in [-0.39, 0.29) is 17.6 Å². The minimum atomic E-state index is -2.85. The van der Waals surface area contributed by atoms with Gasteiger partial charge in [-0.15, -0.1) is 0 Å². The Morgan fingerprint density at radius 3 is 2.70 bits per heavy atom. The number of sulfone groups is 1. The predicted octanol–water partition coefficient (Wildman–Crippen LogP) is 2.24. The van der Waals surface area contributed by atoms with Crippen LogP contribution < -0.4 is 5.32 Å². The fraction of sp³-hybridized carbons (Fsp3) is 0.600. The molecule has 20 heavy (non-hydrogen) atoms. The van der Waals surface area contributed by atoms with Crippen molar-refractivity contribution in [3.8, 4) is 0 Å². The van der Waals surface area contributed by atoms with Crippen LogP contribution in [0.25, 0.3) is 0 Å². The number of benzene rings is 1. The molecular weight excluding hydrogens is 277 g/mol. The minimum Gasteiger partial charge on any atom is -0.310 e. The summed E-state index contributed by atoms with van der Waals surface area (Å²) in [6.07, 6.45) is 3.65. The fourth-order valence-electron chi connectivity index (χ4n) is 3.27. The van der Waals surface area contributed by atoms with Crippen LogP contribution in [-0.2, 0) is 9.84 Å². The lowest BCUT2D eigenvalue weighted by Gasteiger charge is -2.39. The molecule has 1 unspecified atom stereocenters. The topological polar surface area (TPSA) is 46.2 Å². The Hall–Kier alpha value is -0.940. The van der Waals surface area contributed by atoms with Crippen molar-refractivity contribution in [3.05, 3.63) is 35.6 Å². The predicted molar refractivity (Wildman–Crippen MR) is 77.0 cm³/mol. The second-order valence-corrected chi connectivity index (χ2v) is 8.27. The summed E-state index contributed by atoms with van der Waals surface area (Å²) in [7, 11) is -2.85. The molecule has 110 valence electrons. The van der Waals surface area contributed by atoms with Crippen LogP contribution in [0.2, 0.25) is 0 Å². The van der Waals surface area contributed by atoms with Gasteiger partial charge < -0.3 is 5.32 Å². The Morgan fingerprint density at radius 1 is 1.20 bits per heavy atom. The second-order valence-electron chi connectivity index (χ2n) is 6.04. The van der Waals surface area contributed by atoms with Gasteiger partial charge in [-0.2, -0.15) is 0 Å². The summed E-state index contributed by atoms with van der Waals surface area (Å²) in [6.45, 7) is 0. The molecule has 1 saturated heterocycles. The van der Waals surface area contributed by atoms with Gasteiger partial charge in [-0.1, -0.05) is 12.1 Å². The summed E-state index contributed by atoms with van der Waals surface area (Å²) in [4.78, 5) is 0. The molecule has 0 aromatic heterocycles. The van der Waals surface area contributed by atoms with Crippen LogP contribution in [-0.4, -0.2) is 32.0 Å². The highest BCUT2D eigenvalue weighted by Crippen LogP contribution is 2.37. The van der Waals surface area contributed by atoms with Gasteiger partial charge in [-0.3, -0.25) is 0 Å². The molecule has 2 aliphatic rings. The third-order valence-electron chi connectivity index (χ3n) is 4.39. The molecule has 3 nitrogen and oxygen atoms in total. The first-order valence-corrected chi connectivity index (χ1v) is 9.06. The molecule has 0 amide bonds.